The van der Waals surface area contributed by atoms with Gasteiger partial charge < -0.3 is 10.6 Å². The molecule has 0 bridgehead atoms. The van der Waals surface area contributed by atoms with Crippen LogP contribution in [0.15, 0.2) is 84.9 Å². The number of aromatic nitrogens is 2. The molecular weight excluding hydrogens is 515 g/mol. The maximum Gasteiger partial charge on any atom is 0.435 e. The molecule has 0 radical (unpaired) electrons. The number of anilines is 1. The summed E-state index contributed by atoms with van der Waals surface area (Å²) in [4.78, 5) is 13.4. The summed E-state index contributed by atoms with van der Waals surface area (Å²) >= 11 is 0. The van der Waals surface area contributed by atoms with Crippen molar-refractivity contribution in [1.82, 2.24) is 15.1 Å². The molecular formula is C31H28F3N5O. The number of nitrogens with one attached hydrogen (secondary N) is 2. The predicted octanol–water partition coefficient (Wildman–Crippen LogP) is 7.03. The molecule has 9 heteroatoms. The van der Waals surface area contributed by atoms with Crippen molar-refractivity contribution in [3.05, 3.63) is 113 Å². The van der Waals surface area contributed by atoms with Crippen molar-refractivity contribution in [2.24, 2.45) is 0 Å². The first-order valence-corrected chi connectivity index (χ1v) is 13.2. The molecule has 1 aliphatic carbocycles. The lowest BCUT2D eigenvalue weighted by Gasteiger charge is -2.29. The summed E-state index contributed by atoms with van der Waals surface area (Å²) in [5.74, 6) is -0.751. The minimum absolute atomic E-state index is 0.114. The lowest BCUT2D eigenvalue weighted by Crippen LogP contribution is -2.35. The molecule has 3 aromatic carbocycles. The summed E-state index contributed by atoms with van der Waals surface area (Å²) < 4.78 is 41.6. The van der Waals surface area contributed by atoms with Gasteiger partial charge in [-0.05, 0) is 54.3 Å². The normalized spacial score (nSPS) is 14.8. The fourth-order valence-corrected chi connectivity index (χ4v) is 5.11. The van der Waals surface area contributed by atoms with E-state index in [9.17, 15) is 23.2 Å². The highest BCUT2D eigenvalue weighted by Gasteiger charge is 2.36. The molecule has 40 heavy (non-hydrogen) atoms. The number of carbonyl (C=O) groups excluding carboxylic acids is 1. The molecule has 1 aliphatic rings. The molecule has 5 rings (SSSR count). The van der Waals surface area contributed by atoms with Crippen molar-refractivity contribution in [2.75, 3.05) is 5.32 Å². The summed E-state index contributed by atoms with van der Waals surface area (Å²) in [6.07, 6.45) is 1.04. The van der Waals surface area contributed by atoms with E-state index in [4.69, 9.17) is 0 Å². The van der Waals surface area contributed by atoms with Crippen LogP contribution in [0.1, 0.15) is 71.0 Å². The summed E-state index contributed by atoms with van der Waals surface area (Å²) in [6, 6.07) is 26.2. The van der Waals surface area contributed by atoms with Gasteiger partial charge in [0.05, 0.1) is 23.4 Å². The topological polar surface area (TPSA) is 82.7 Å². The average Bonchev–Trinajstić information content (AvgIpc) is 3.44. The molecule has 4 aromatic rings. The Morgan fingerprint density at radius 1 is 0.925 bits per heavy atom. The zero-order chi connectivity index (χ0) is 28.1. The highest BCUT2D eigenvalue weighted by atomic mass is 19.4. The smallest absolute Gasteiger partial charge is 0.321 e. The fraction of sp³-hybridized carbons (Fsp3) is 0.258. The Morgan fingerprint density at radius 3 is 2.38 bits per heavy atom. The van der Waals surface area contributed by atoms with Crippen molar-refractivity contribution in [3.8, 4) is 11.8 Å². The molecule has 1 fully saturated rings. The van der Waals surface area contributed by atoms with E-state index in [-0.39, 0.29) is 23.0 Å². The third-order valence-electron chi connectivity index (χ3n) is 7.07. The molecule has 1 aromatic heterocycles. The molecule has 204 valence electrons. The third-order valence-corrected chi connectivity index (χ3v) is 7.07. The molecule has 1 unspecified atom stereocenters. The second-order valence-electron chi connectivity index (χ2n) is 9.91. The molecule has 0 spiro atoms. The molecule has 1 amide bonds. The van der Waals surface area contributed by atoms with Crippen molar-refractivity contribution in [2.45, 2.75) is 50.4 Å². The monoisotopic (exact) mass is 543 g/mol. The Kier molecular flexibility index (Phi) is 7.99. The Balaban J connectivity index is 1.45. The highest BCUT2D eigenvalue weighted by molar-refractivity contribution is 6.03. The van der Waals surface area contributed by atoms with Gasteiger partial charge in [0.2, 0.25) is 0 Å². The van der Waals surface area contributed by atoms with Crippen LogP contribution >= 0.6 is 0 Å². The lowest BCUT2D eigenvalue weighted by atomic mass is 9.92. The Bertz CT molecular complexity index is 1520. The van der Waals surface area contributed by atoms with E-state index in [1.807, 2.05) is 42.5 Å². The van der Waals surface area contributed by atoms with Crippen LogP contribution in [-0.2, 0) is 6.18 Å². The predicted molar refractivity (Wildman–Crippen MR) is 146 cm³/mol. The van der Waals surface area contributed by atoms with Crippen molar-refractivity contribution in [1.29, 1.82) is 5.26 Å². The summed E-state index contributed by atoms with van der Waals surface area (Å²) in [5, 5.41) is 19.4. The lowest BCUT2D eigenvalue weighted by molar-refractivity contribution is -0.141. The molecule has 1 atom stereocenters. The number of alkyl halides is 3. The Labute approximate surface area is 230 Å². The maximum atomic E-state index is 13.6. The number of rotatable bonds is 7. The van der Waals surface area contributed by atoms with Gasteiger partial charge in [0.15, 0.2) is 5.69 Å². The van der Waals surface area contributed by atoms with Gasteiger partial charge in [-0.15, -0.1) is 0 Å². The van der Waals surface area contributed by atoms with Crippen molar-refractivity contribution < 1.29 is 18.0 Å². The number of nitrogens with zero attached hydrogens (tertiary/aromatic N) is 3. The van der Waals surface area contributed by atoms with Crippen LogP contribution in [0.4, 0.5) is 18.9 Å². The van der Waals surface area contributed by atoms with E-state index in [2.05, 4.69) is 27.9 Å². The first-order chi connectivity index (χ1) is 19.3. The van der Waals surface area contributed by atoms with Crippen LogP contribution < -0.4 is 10.6 Å². The average molecular weight is 544 g/mol. The number of hydrogen-bond acceptors (Lipinski definition) is 4. The SMILES string of the molecule is N#Cc1cccc(-n2nc(C(F)(F)F)cc2C(=O)Nc2cccc(C(NC3CCCCC3)c3ccccc3)c2)c1. The van der Waals surface area contributed by atoms with E-state index in [0.717, 1.165) is 34.7 Å². The molecule has 0 aliphatic heterocycles. The quantitative estimate of drug-likeness (QED) is 0.262. The van der Waals surface area contributed by atoms with Crippen LogP contribution in [0.3, 0.4) is 0 Å². The van der Waals surface area contributed by atoms with E-state index >= 15 is 0 Å². The van der Waals surface area contributed by atoms with Crippen molar-refractivity contribution in [3.63, 3.8) is 0 Å². The van der Waals surface area contributed by atoms with Gasteiger partial charge in [-0.3, -0.25) is 4.79 Å². The summed E-state index contributed by atoms with van der Waals surface area (Å²) in [7, 11) is 0. The number of hydrogen-bond donors (Lipinski definition) is 2. The number of halogens is 3. The maximum absolute atomic E-state index is 13.6. The van der Waals surface area contributed by atoms with Gasteiger partial charge in [-0.2, -0.15) is 23.5 Å². The van der Waals surface area contributed by atoms with Gasteiger partial charge in [0, 0.05) is 17.8 Å². The minimum Gasteiger partial charge on any atom is -0.321 e. The number of nitriles is 1. The van der Waals surface area contributed by atoms with Crippen LogP contribution in [0.25, 0.3) is 5.69 Å². The van der Waals surface area contributed by atoms with Crippen LogP contribution in [-0.4, -0.2) is 21.7 Å². The fourth-order valence-electron chi connectivity index (χ4n) is 5.11. The largest absolute Gasteiger partial charge is 0.435 e. The Morgan fingerprint density at radius 2 is 1.65 bits per heavy atom. The highest BCUT2D eigenvalue weighted by Crippen LogP contribution is 2.31. The molecule has 6 nitrogen and oxygen atoms in total. The van der Waals surface area contributed by atoms with Crippen molar-refractivity contribution >= 4 is 11.6 Å². The second kappa shape index (κ2) is 11.8. The first-order valence-electron chi connectivity index (χ1n) is 13.2. The molecule has 1 saturated carbocycles. The van der Waals surface area contributed by atoms with E-state index in [1.165, 1.54) is 43.5 Å². The minimum atomic E-state index is -4.75. The molecule has 1 heterocycles. The van der Waals surface area contributed by atoms with Gasteiger partial charge >= 0.3 is 6.18 Å². The van der Waals surface area contributed by atoms with E-state index in [1.54, 1.807) is 6.07 Å². The second-order valence-corrected chi connectivity index (χ2v) is 9.91. The van der Waals surface area contributed by atoms with Crippen LogP contribution in [0, 0.1) is 11.3 Å². The van der Waals surface area contributed by atoms with E-state index < -0.39 is 17.8 Å². The van der Waals surface area contributed by atoms with Crippen LogP contribution in [0.5, 0.6) is 0 Å². The first kappa shape index (κ1) is 27.2. The van der Waals surface area contributed by atoms with Gasteiger partial charge in [-0.25, -0.2) is 4.68 Å². The number of amides is 1. The third kappa shape index (κ3) is 6.24. The van der Waals surface area contributed by atoms with E-state index in [0.29, 0.717) is 11.7 Å². The molecule has 0 saturated heterocycles. The van der Waals surface area contributed by atoms with Gasteiger partial charge in [0.25, 0.3) is 5.91 Å². The number of carbonyl (C=O) groups is 1. The zero-order valence-corrected chi connectivity index (χ0v) is 21.7. The standard InChI is InChI=1S/C31H28F3N5O/c32-31(33,34)28-19-27(39(38-28)26-16-7-9-21(17-26)20-35)30(40)37-25-15-8-12-23(18-25)29(22-10-3-1-4-11-22)36-24-13-5-2-6-14-24/h1,3-4,7-12,15-19,24,29,36H,2,5-6,13-14H2,(H,37,40). The van der Waals surface area contributed by atoms with Crippen LogP contribution in [0.2, 0.25) is 0 Å². The zero-order valence-electron chi connectivity index (χ0n) is 21.7. The molecule has 2 N–H and O–H groups in total. The number of benzene rings is 3. The summed E-state index contributed by atoms with van der Waals surface area (Å²) in [6.45, 7) is 0. The summed E-state index contributed by atoms with van der Waals surface area (Å²) in [5.41, 5.74) is 1.37. The van der Waals surface area contributed by atoms with Gasteiger partial charge in [0.1, 0.15) is 5.69 Å². The van der Waals surface area contributed by atoms with Gasteiger partial charge in [-0.1, -0.05) is 67.8 Å². The Hall–Kier alpha value is -4.42.